The summed E-state index contributed by atoms with van der Waals surface area (Å²) in [7, 11) is 0. The number of halogens is 2. The fourth-order valence-corrected chi connectivity index (χ4v) is 4.60. The van der Waals surface area contributed by atoms with Crippen LogP contribution >= 0.6 is 23.2 Å². The van der Waals surface area contributed by atoms with Gasteiger partial charge in [-0.1, -0.05) is 23.2 Å². The van der Waals surface area contributed by atoms with Crippen LogP contribution in [0.25, 0.3) is 0 Å². The van der Waals surface area contributed by atoms with Gasteiger partial charge in [-0.3, -0.25) is 9.59 Å². The molecule has 9 heteroatoms. The van der Waals surface area contributed by atoms with E-state index in [1.807, 2.05) is 0 Å². The van der Waals surface area contributed by atoms with Gasteiger partial charge in [0.05, 0.1) is 16.2 Å². The lowest BCUT2D eigenvalue weighted by Crippen LogP contribution is -2.84. The number of hydrogen-bond donors (Lipinski definition) is 2. The van der Waals surface area contributed by atoms with Crippen LogP contribution < -0.4 is 15.4 Å². The number of nitrogens with one attached hydrogen (secondary N) is 2. The molecule has 4 saturated carbocycles. The minimum absolute atomic E-state index is 0.110. The van der Waals surface area contributed by atoms with Gasteiger partial charge in [0.2, 0.25) is 5.76 Å². The van der Waals surface area contributed by atoms with Crippen LogP contribution in [0.3, 0.4) is 0 Å². The van der Waals surface area contributed by atoms with E-state index in [4.69, 9.17) is 32.4 Å². The van der Waals surface area contributed by atoms with Gasteiger partial charge in [-0.15, -0.1) is 0 Å². The van der Waals surface area contributed by atoms with Gasteiger partial charge in [-0.2, -0.15) is 0 Å². The number of nitrogens with zero attached hydrogens (tertiary/aromatic N) is 1. The largest absolute Gasteiger partial charge is 0.484 e. The lowest BCUT2D eigenvalue weighted by molar-refractivity contribution is -0.141. The van der Waals surface area contributed by atoms with E-state index in [9.17, 15) is 9.59 Å². The number of benzene rings is 1. The zero-order chi connectivity index (χ0) is 20.2. The van der Waals surface area contributed by atoms with E-state index in [0.717, 1.165) is 12.8 Å². The highest BCUT2D eigenvalue weighted by Crippen LogP contribution is 2.60. The van der Waals surface area contributed by atoms with Crippen molar-refractivity contribution in [3.63, 3.8) is 0 Å². The SMILES string of the molecule is O=C(COc1ccc(Cl)c(Cl)c1)NC12CC(NC(=O)c3cnc(C4CC4)o3)(C1)C2. The summed E-state index contributed by atoms with van der Waals surface area (Å²) < 4.78 is 11.0. The molecule has 2 amide bonds. The van der Waals surface area contributed by atoms with Crippen LogP contribution in [-0.2, 0) is 4.79 Å². The number of oxazole rings is 1. The summed E-state index contributed by atoms with van der Waals surface area (Å²) >= 11 is 11.8. The van der Waals surface area contributed by atoms with Gasteiger partial charge in [-0.05, 0) is 44.2 Å². The first-order chi connectivity index (χ1) is 13.9. The van der Waals surface area contributed by atoms with Gasteiger partial charge in [0.1, 0.15) is 5.75 Å². The van der Waals surface area contributed by atoms with Crippen molar-refractivity contribution in [2.24, 2.45) is 0 Å². The summed E-state index contributed by atoms with van der Waals surface area (Å²) in [5.74, 6) is 1.31. The Kier molecular flexibility index (Phi) is 4.29. The fraction of sp³-hybridized carbons (Fsp3) is 0.450. The smallest absolute Gasteiger partial charge is 0.289 e. The average Bonchev–Trinajstić information content (AvgIpc) is 3.36. The number of hydrogen-bond acceptors (Lipinski definition) is 5. The van der Waals surface area contributed by atoms with Crippen LogP contribution in [-0.4, -0.2) is 34.5 Å². The van der Waals surface area contributed by atoms with Crippen molar-refractivity contribution >= 4 is 35.0 Å². The van der Waals surface area contributed by atoms with E-state index in [1.54, 1.807) is 18.2 Å². The molecule has 0 spiro atoms. The Morgan fingerprint density at radius 1 is 1.14 bits per heavy atom. The molecule has 0 unspecified atom stereocenters. The van der Waals surface area contributed by atoms with Crippen LogP contribution in [0.1, 0.15) is 54.5 Å². The molecular formula is C20H19Cl2N3O4. The lowest BCUT2D eigenvalue weighted by atomic mass is 9.44. The summed E-state index contributed by atoms with van der Waals surface area (Å²) in [6.07, 6.45) is 5.74. The second-order valence-corrected chi connectivity index (χ2v) is 9.11. The predicted octanol–water partition coefficient (Wildman–Crippen LogP) is 3.46. The highest BCUT2D eigenvalue weighted by Gasteiger charge is 2.69. The fourth-order valence-electron chi connectivity index (χ4n) is 4.31. The van der Waals surface area contributed by atoms with Gasteiger partial charge in [0.25, 0.3) is 11.8 Å². The zero-order valence-electron chi connectivity index (χ0n) is 15.5. The Bertz CT molecular complexity index is 982. The van der Waals surface area contributed by atoms with Crippen molar-refractivity contribution in [1.29, 1.82) is 0 Å². The maximum atomic E-state index is 12.4. The molecule has 1 heterocycles. The Balaban J connectivity index is 1.08. The molecule has 6 rings (SSSR count). The minimum atomic E-state index is -0.262. The predicted molar refractivity (Wildman–Crippen MR) is 105 cm³/mol. The second kappa shape index (κ2) is 6.64. The molecule has 0 saturated heterocycles. The summed E-state index contributed by atoms with van der Waals surface area (Å²) in [5.41, 5.74) is -0.520. The molecule has 1 aromatic heterocycles. The van der Waals surface area contributed by atoms with E-state index in [2.05, 4.69) is 15.6 Å². The Hall–Kier alpha value is -2.25. The Morgan fingerprint density at radius 2 is 1.86 bits per heavy atom. The van der Waals surface area contributed by atoms with Crippen molar-refractivity contribution in [1.82, 2.24) is 15.6 Å². The van der Waals surface area contributed by atoms with Crippen molar-refractivity contribution in [3.8, 4) is 5.75 Å². The molecule has 152 valence electrons. The molecule has 4 fully saturated rings. The van der Waals surface area contributed by atoms with Crippen LogP contribution in [0.4, 0.5) is 0 Å². The third-order valence-electron chi connectivity index (χ3n) is 5.75. The molecule has 4 aliphatic rings. The van der Waals surface area contributed by atoms with Crippen LogP contribution in [0.5, 0.6) is 5.75 Å². The van der Waals surface area contributed by atoms with Gasteiger partial charge >= 0.3 is 0 Å². The van der Waals surface area contributed by atoms with Crippen molar-refractivity contribution < 1.29 is 18.7 Å². The summed E-state index contributed by atoms with van der Waals surface area (Å²) in [5, 5.41) is 6.84. The maximum Gasteiger partial charge on any atom is 0.289 e. The maximum absolute atomic E-state index is 12.4. The third kappa shape index (κ3) is 3.57. The molecule has 4 aliphatic carbocycles. The monoisotopic (exact) mass is 435 g/mol. The minimum Gasteiger partial charge on any atom is -0.484 e. The zero-order valence-corrected chi connectivity index (χ0v) is 17.0. The molecule has 2 N–H and O–H groups in total. The first kappa shape index (κ1) is 18.8. The number of carbonyl (C=O) groups is 2. The first-order valence-electron chi connectivity index (χ1n) is 9.53. The van der Waals surface area contributed by atoms with E-state index >= 15 is 0 Å². The van der Waals surface area contributed by atoms with Crippen molar-refractivity contribution in [2.45, 2.75) is 49.1 Å². The van der Waals surface area contributed by atoms with Gasteiger partial charge in [-0.25, -0.2) is 4.98 Å². The van der Waals surface area contributed by atoms with Crippen molar-refractivity contribution in [2.75, 3.05) is 6.61 Å². The van der Waals surface area contributed by atoms with E-state index in [0.29, 0.717) is 46.9 Å². The van der Waals surface area contributed by atoms with Crippen molar-refractivity contribution in [3.05, 3.63) is 46.1 Å². The first-order valence-corrected chi connectivity index (χ1v) is 10.3. The lowest BCUT2D eigenvalue weighted by Gasteiger charge is -2.70. The summed E-state index contributed by atoms with van der Waals surface area (Å²) in [4.78, 5) is 28.8. The Morgan fingerprint density at radius 3 is 2.55 bits per heavy atom. The quantitative estimate of drug-likeness (QED) is 0.694. The highest BCUT2D eigenvalue weighted by molar-refractivity contribution is 6.42. The molecular weight excluding hydrogens is 417 g/mol. The van der Waals surface area contributed by atoms with E-state index in [1.165, 1.54) is 6.20 Å². The number of aromatic nitrogens is 1. The van der Waals surface area contributed by atoms with E-state index in [-0.39, 0.29) is 35.3 Å². The third-order valence-corrected chi connectivity index (χ3v) is 6.49. The normalized spacial score (nSPS) is 26.8. The van der Waals surface area contributed by atoms with E-state index < -0.39 is 0 Å². The Labute approximate surface area is 177 Å². The van der Waals surface area contributed by atoms with Crippen LogP contribution in [0, 0.1) is 0 Å². The molecule has 2 bridgehead atoms. The molecule has 2 aromatic rings. The molecule has 7 nitrogen and oxygen atoms in total. The standard InChI is InChI=1S/C20H19Cl2N3O4/c21-13-4-3-12(5-14(13)22)28-7-16(26)24-19-8-20(9-19,10-19)25-17(27)15-6-23-18(29-15)11-1-2-11/h3-6,11H,1-2,7-10H2,(H,24,26)(H,25,27). The number of rotatable bonds is 7. The van der Waals surface area contributed by atoms with Gasteiger partial charge in [0.15, 0.2) is 12.5 Å². The summed E-state index contributed by atoms with van der Waals surface area (Å²) in [6.45, 7) is -0.110. The number of carbonyl (C=O) groups excluding carboxylic acids is 2. The second-order valence-electron chi connectivity index (χ2n) is 8.29. The van der Waals surface area contributed by atoms with Crippen LogP contribution in [0.15, 0.2) is 28.8 Å². The van der Waals surface area contributed by atoms with Crippen LogP contribution in [0.2, 0.25) is 10.0 Å². The molecule has 1 aromatic carbocycles. The molecule has 0 radical (unpaired) electrons. The number of amides is 2. The number of ether oxygens (including phenoxy) is 1. The summed E-state index contributed by atoms with van der Waals surface area (Å²) in [6, 6.07) is 4.85. The molecule has 0 aliphatic heterocycles. The van der Waals surface area contributed by atoms with Gasteiger partial charge < -0.3 is 19.8 Å². The molecule has 29 heavy (non-hydrogen) atoms. The molecule has 0 atom stereocenters. The highest BCUT2D eigenvalue weighted by atomic mass is 35.5. The van der Waals surface area contributed by atoms with Gasteiger partial charge in [0, 0.05) is 23.1 Å². The average molecular weight is 436 g/mol. The topological polar surface area (TPSA) is 93.5 Å².